The molecule has 1 aromatic carbocycles. The van der Waals surface area contributed by atoms with E-state index in [0.717, 1.165) is 35.3 Å². The number of anilines is 1. The SMILES string of the molecule is CC(C)=CCn1c(N2CCC3CNC=C32)nc2c1c(=O)n(CC(=O)c1ccccc1)c(=O)n2C. The van der Waals surface area contributed by atoms with Crippen LogP contribution in [0, 0.1) is 5.92 Å². The van der Waals surface area contributed by atoms with Crippen LogP contribution >= 0.6 is 0 Å². The second-order valence-corrected chi connectivity index (χ2v) is 9.11. The molecule has 34 heavy (non-hydrogen) atoms. The summed E-state index contributed by atoms with van der Waals surface area (Å²) >= 11 is 0. The van der Waals surface area contributed by atoms with Gasteiger partial charge in [0.25, 0.3) is 5.56 Å². The van der Waals surface area contributed by atoms with Gasteiger partial charge in [-0.2, -0.15) is 4.98 Å². The topological polar surface area (TPSA) is 94.2 Å². The third-order valence-electron chi connectivity index (χ3n) is 6.58. The molecular weight excluding hydrogens is 432 g/mol. The highest BCUT2D eigenvalue weighted by Crippen LogP contribution is 2.35. The molecule has 9 heteroatoms. The fraction of sp³-hybridized carbons (Fsp3) is 0.360. The van der Waals surface area contributed by atoms with Crippen molar-refractivity contribution >= 4 is 22.9 Å². The lowest BCUT2D eigenvalue weighted by Gasteiger charge is -2.19. The number of aromatic nitrogens is 4. The van der Waals surface area contributed by atoms with Crippen LogP contribution in [0.5, 0.6) is 0 Å². The number of nitrogens with one attached hydrogen (secondary N) is 1. The second-order valence-electron chi connectivity index (χ2n) is 9.11. The lowest BCUT2D eigenvalue weighted by atomic mass is 10.1. The standard InChI is InChI=1S/C25H28N6O3/c1-16(2)9-11-30-21-22(27-24(30)29-12-10-18-13-26-14-19(18)29)28(3)25(34)31(23(21)33)15-20(32)17-7-5-4-6-8-17/h4-9,14,18,26H,10-13,15H2,1-3H3. The Kier molecular flexibility index (Phi) is 5.47. The van der Waals surface area contributed by atoms with Gasteiger partial charge in [0.2, 0.25) is 5.95 Å². The minimum atomic E-state index is -0.554. The van der Waals surface area contributed by atoms with Gasteiger partial charge in [-0.1, -0.05) is 42.0 Å². The summed E-state index contributed by atoms with van der Waals surface area (Å²) in [6.45, 7) is 5.81. The van der Waals surface area contributed by atoms with E-state index in [1.54, 1.807) is 31.3 Å². The molecule has 176 valence electrons. The van der Waals surface area contributed by atoms with Gasteiger partial charge < -0.3 is 14.8 Å². The van der Waals surface area contributed by atoms with Crippen molar-refractivity contribution in [3.05, 3.63) is 80.3 Å². The molecule has 5 rings (SSSR count). The third-order valence-corrected chi connectivity index (χ3v) is 6.58. The molecule has 3 aromatic rings. The first kappa shape index (κ1) is 21.9. The smallest absolute Gasteiger partial charge is 0.332 e. The Morgan fingerprint density at radius 2 is 1.94 bits per heavy atom. The van der Waals surface area contributed by atoms with Gasteiger partial charge in [-0.05, 0) is 20.3 Å². The number of fused-ring (bicyclic) bond motifs is 2. The Hall–Kier alpha value is -3.88. The summed E-state index contributed by atoms with van der Waals surface area (Å²) < 4.78 is 4.26. The van der Waals surface area contributed by atoms with Crippen molar-refractivity contribution in [1.82, 2.24) is 24.0 Å². The van der Waals surface area contributed by atoms with Crippen LogP contribution in [0.3, 0.4) is 0 Å². The van der Waals surface area contributed by atoms with E-state index in [1.807, 2.05) is 36.8 Å². The maximum atomic E-state index is 13.7. The van der Waals surface area contributed by atoms with Crippen molar-refractivity contribution in [1.29, 1.82) is 0 Å². The van der Waals surface area contributed by atoms with Crippen LogP contribution < -0.4 is 21.5 Å². The molecule has 2 aliphatic heterocycles. The Morgan fingerprint density at radius 1 is 1.18 bits per heavy atom. The minimum absolute atomic E-state index is 0.292. The molecule has 1 N–H and O–H groups in total. The number of Topliss-reactive ketones (excluding diaryl/α,β-unsaturated/α-hetero) is 1. The molecule has 1 fully saturated rings. The summed E-state index contributed by atoms with van der Waals surface area (Å²) in [5.41, 5.74) is 2.31. The number of ketones is 1. The number of hydrogen-bond acceptors (Lipinski definition) is 6. The molecule has 0 aliphatic carbocycles. The van der Waals surface area contributed by atoms with Crippen LogP contribution in [0.4, 0.5) is 5.95 Å². The van der Waals surface area contributed by atoms with Crippen molar-refractivity contribution in [2.75, 3.05) is 18.0 Å². The van der Waals surface area contributed by atoms with Crippen LogP contribution in [-0.2, 0) is 20.1 Å². The Labute approximate surface area is 196 Å². The Balaban J connectivity index is 1.69. The van der Waals surface area contributed by atoms with Crippen molar-refractivity contribution < 1.29 is 4.79 Å². The highest BCUT2D eigenvalue weighted by atomic mass is 16.2. The summed E-state index contributed by atoms with van der Waals surface area (Å²) in [5.74, 6) is 0.768. The van der Waals surface area contributed by atoms with E-state index in [0.29, 0.717) is 35.1 Å². The molecular formula is C25H28N6O3. The number of carbonyl (C=O) groups is 1. The first-order valence-electron chi connectivity index (χ1n) is 11.5. The maximum Gasteiger partial charge on any atom is 0.332 e. The zero-order valence-corrected chi connectivity index (χ0v) is 19.6. The van der Waals surface area contributed by atoms with Gasteiger partial charge >= 0.3 is 5.69 Å². The molecule has 4 heterocycles. The molecule has 1 saturated heterocycles. The normalized spacial score (nSPS) is 17.0. The number of benzene rings is 1. The predicted molar refractivity (Wildman–Crippen MR) is 131 cm³/mol. The van der Waals surface area contributed by atoms with E-state index in [9.17, 15) is 14.4 Å². The van der Waals surface area contributed by atoms with Gasteiger partial charge in [0, 0.05) is 50.1 Å². The molecule has 1 atom stereocenters. The lowest BCUT2D eigenvalue weighted by molar-refractivity contribution is 0.0969. The van der Waals surface area contributed by atoms with E-state index in [1.165, 1.54) is 4.57 Å². The summed E-state index contributed by atoms with van der Waals surface area (Å²) in [6, 6.07) is 8.69. The van der Waals surface area contributed by atoms with E-state index in [2.05, 4.69) is 10.2 Å². The van der Waals surface area contributed by atoms with Crippen molar-refractivity contribution in [3.63, 3.8) is 0 Å². The molecule has 1 unspecified atom stereocenters. The first-order valence-corrected chi connectivity index (χ1v) is 11.5. The molecule has 0 spiro atoms. The minimum Gasteiger partial charge on any atom is -0.389 e. The van der Waals surface area contributed by atoms with Gasteiger partial charge in [-0.15, -0.1) is 0 Å². The number of carbonyl (C=O) groups excluding carboxylic acids is 1. The van der Waals surface area contributed by atoms with E-state index >= 15 is 0 Å². The average Bonchev–Trinajstić information content (AvgIpc) is 3.54. The fourth-order valence-corrected chi connectivity index (χ4v) is 4.72. The van der Waals surface area contributed by atoms with E-state index in [4.69, 9.17) is 4.98 Å². The van der Waals surface area contributed by atoms with E-state index in [-0.39, 0.29) is 12.3 Å². The number of allylic oxidation sites excluding steroid dienone is 2. The van der Waals surface area contributed by atoms with Crippen LogP contribution in [0.2, 0.25) is 0 Å². The van der Waals surface area contributed by atoms with Crippen molar-refractivity contribution in [2.45, 2.75) is 33.4 Å². The summed E-state index contributed by atoms with van der Waals surface area (Å²) in [4.78, 5) is 46.6. The fourth-order valence-electron chi connectivity index (χ4n) is 4.72. The summed E-state index contributed by atoms with van der Waals surface area (Å²) in [5, 5.41) is 3.29. The van der Waals surface area contributed by atoms with Crippen molar-refractivity contribution in [2.24, 2.45) is 13.0 Å². The lowest BCUT2D eigenvalue weighted by Crippen LogP contribution is -2.41. The quantitative estimate of drug-likeness (QED) is 0.447. The number of rotatable bonds is 6. The predicted octanol–water partition coefficient (Wildman–Crippen LogP) is 2.02. The Morgan fingerprint density at radius 3 is 2.68 bits per heavy atom. The number of hydrogen-bond donors (Lipinski definition) is 1. The zero-order valence-electron chi connectivity index (χ0n) is 19.6. The molecule has 0 bridgehead atoms. The molecule has 0 amide bonds. The van der Waals surface area contributed by atoms with Gasteiger partial charge in [0.05, 0.1) is 6.54 Å². The largest absolute Gasteiger partial charge is 0.389 e. The second kappa shape index (κ2) is 8.48. The highest BCUT2D eigenvalue weighted by Gasteiger charge is 2.35. The first-order chi connectivity index (χ1) is 16.4. The molecule has 2 aliphatic rings. The van der Waals surface area contributed by atoms with Crippen LogP contribution in [0.15, 0.2) is 63.5 Å². The monoisotopic (exact) mass is 460 g/mol. The van der Waals surface area contributed by atoms with Crippen LogP contribution in [-0.4, -0.2) is 37.6 Å². The van der Waals surface area contributed by atoms with Crippen molar-refractivity contribution in [3.8, 4) is 0 Å². The number of nitrogens with zero attached hydrogens (tertiary/aromatic N) is 5. The van der Waals surface area contributed by atoms with Gasteiger partial charge in [0.15, 0.2) is 16.9 Å². The molecule has 2 aromatic heterocycles. The van der Waals surface area contributed by atoms with Crippen LogP contribution in [0.1, 0.15) is 30.6 Å². The molecule has 9 nitrogen and oxygen atoms in total. The highest BCUT2D eigenvalue weighted by molar-refractivity contribution is 5.96. The maximum absolute atomic E-state index is 13.7. The zero-order chi connectivity index (χ0) is 24.0. The molecule has 0 radical (unpaired) electrons. The van der Waals surface area contributed by atoms with Gasteiger partial charge in [-0.3, -0.25) is 18.7 Å². The summed E-state index contributed by atoms with van der Waals surface area (Å²) in [7, 11) is 1.60. The van der Waals surface area contributed by atoms with E-state index < -0.39 is 11.2 Å². The molecule has 0 saturated carbocycles. The van der Waals surface area contributed by atoms with Gasteiger partial charge in [0.1, 0.15) is 0 Å². The van der Waals surface area contributed by atoms with Crippen LogP contribution in [0.25, 0.3) is 11.2 Å². The van der Waals surface area contributed by atoms with Gasteiger partial charge in [-0.25, -0.2) is 4.79 Å². The third kappa shape index (κ3) is 3.57. The number of aryl methyl sites for hydroxylation is 1. The Bertz CT molecular complexity index is 1450. The summed E-state index contributed by atoms with van der Waals surface area (Å²) in [6.07, 6.45) is 5.04. The number of imidazole rings is 1. The average molecular weight is 461 g/mol.